The first-order valence-electron chi connectivity index (χ1n) is 5.57. The van der Waals surface area contributed by atoms with Gasteiger partial charge in [0.1, 0.15) is 0 Å². The van der Waals surface area contributed by atoms with Gasteiger partial charge in [0.05, 0.1) is 5.41 Å². The van der Waals surface area contributed by atoms with Gasteiger partial charge in [0.25, 0.3) is 0 Å². The molecule has 0 radical (unpaired) electrons. The zero-order chi connectivity index (χ0) is 13.8. The fourth-order valence-corrected chi connectivity index (χ4v) is 1.42. The number of hydrogen-bond donors (Lipinski definition) is 3. The summed E-state index contributed by atoms with van der Waals surface area (Å²) in [6, 6.07) is -0.635. The largest absolute Gasteiger partial charge is 0.481 e. The number of carboxylic acids is 1. The molecule has 0 saturated heterocycles. The highest BCUT2D eigenvalue weighted by atomic mass is 19.4. The Hall–Kier alpha value is -1.47. The zero-order valence-corrected chi connectivity index (χ0v) is 9.64. The Morgan fingerprint density at radius 1 is 1.22 bits per heavy atom. The number of halogens is 3. The molecule has 18 heavy (non-hydrogen) atoms. The van der Waals surface area contributed by atoms with Gasteiger partial charge in [0.2, 0.25) is 0 Å². The van der Waals surface area contributed by atoms with Crippen LogP contribution in [-0.2, 0) is 4.79 Å². The summed E-state index contributed by atoms with van der Waals surface area (Å²) in [6.07, 6.45) is -4.35. The van der Waals surface area contributed by atoms with Gasteiger partial charge in [-0.15, -0.1) is 0 Å². The van der Waals surface area contributed by atoms with Gasteiger partial charge in [-0.25, -0.2) is 4.79 Å². The Labute approximate surface area is 102 Å². The fraction of sp³-hybridized carbons (Fsp3) is 0.800. The predicted octanol–water partition coefficient (Wildman–Crippen LogP) is 1.49. The van der Waals surface area contributed by atoms with Crippen LogP contribution in [0.5, 0.6) is 0 Å². The zero-order valence-electron chi connectivity index (χ0n) is 9.64. The molecule has 5 nitrogen and oxygen atoms in total. The molecule has 1 aliphatic rings. The molecule has 104 valence electrons. The van der Waals surface area contributed by atoms with Crippen LogP contribution in [0.15, 0.2) is 0 Å². The first kappa shape index (κ1) is 14.6. The number of nitrogens with one attached hydrogen (secondary N) is 2. The van der Waals surface area contributed by atoms with E-state index in [1.54, 1.807) is 0 Å². The quantitative estimate of drug-likeness (QED) is 0.639. The van der Waals surface area contributed by atoms with Crippen LogP contribution in [0.25, 0.3) is 0 Å². The Balaban J connectivity index is 2.10. The van der Waals surface area contributed by atoms with Gasteiger partial charge in [0.15, 0.2) is 0 Å². The Bertz CT molecular complexity index is 327. The topological polar surface area (TPSA) is 78.4 Å². The van der Waals surface area contributed by atoms with Gasteiger partial charge in [-0.2, -0.15) is 13.2 Å². The van der Waals surface area contributed by atoms with Gasteiger partial charge in [-0.3, -0.25) is 4.79 Å². The molecule has 3 N–H and O–H groups in total. The summed E-state index contributed by atoms with van der Waals surface area (Å²) in [6.45, 7) is -0.0845. The number of carbonyl (C=O) groups excluding carboxylic acids is 1. The minimum absolute atomic E-state index is 0.00738. The second-order valence-electron chi connectivity index (χ2n) is 4.41. The minimum atomic E-state index is -4.22. The number of carbonyl (C=O) groups is 2. The van der Waals surface area contributed by atoms with Crippen LogP contribution >= 0.6 is 0 Å². The van der Waals surface area contributed by atoms with Crippen molar-refractivity contribution in [2.45, 2.75) is 31.9 Å². The lowest BCUT2D eigenvalue weighted by atomic mass is 10.1. The van der Waals surface area contributed by atoms with E-state index < -0.39 is 30.0 Å². The third-order valence-electron chi connectivity index (χ3n) is 2.82. The van der Waals surface area contributed by atoms with Crippen molar-refractivity contribution in [1.29, 1.82) is 0 Å². The molecule has 0 aromatic heterocycles. The van der Waals surface area contributed by atoms with Gasteiger partial charge in [-0.1, -0.05) is 0 Å². The summed E-state index contributed by atoms with van der Waals surface area (Å²) in [7, 11) is 0. The van der Waals surface area contributed by atoms with Crippen molar-refractivity contribution in [2.75, 3.05) is 13.1 Å². The van der Waals surface area contributed by atoms with Crippen LogP contribution in [-0.4, -0.2) is 36.4 Å². The van der Waals surface area contributed by atoms with E-state index in [9.17, 15) is 22.8 Å². The van der Waals surface area contributed by atoms with Crippen molar-refractivity contribution in [3.63, 3.8) is 0 Å². The van der Waals surface area contributed by atoms with E-state index in [2.05, 4.69) is 10.6 Å². The smallest absolute Gasteiger partial charge is 0.389 e. The van der Waals surface area contributed by atoms with Gasteiger partial charge < -0.3 is 15.7 Å². The highest BCUT2D eigenvalue weighted by molar-refractivity contribution is 5.80. The first-order chi connectivity index (χ1) is 8.25. The molecule has 0 spiro atoms. The highest BCUT2D eigenvalue weighted by Gasteiger charge is 2.50. The maximum atomic E-state index is 11.8. The van der Waals surface area contributed by atoms with Crippen LogP contribution < -0.4 is 10.6 Å². The number of hydrogen-bond acceptors (Lipinski definition) is 2. The average Bonchev–Trinajstić information content (AvgIpc) is 3.01. The van der Waals surface area contributed by atoms with Crippen molar-refractivity contribution >= 4 is 12.0 Å². The molecule has 1 aliphatic carbocycles. The predicted molar refractivity (Wildman–Crippen MR) is 56.0 cm³/mol. The molecule has 0 aromatic rings. The molecule has 0 bridgehead atoms. The van der Waals surface area contributed by atoms with Crippen molar-refractivity contribution < 1.29 is 27.9 Å². The molecule has 0 unspecified atom stereocenters. The molecule has 0 aromatic carbocycles. The van der Waals surface area contributed by atoms with E-state index in [0.717, 1.165) is 0 Å². The SMILES string of the molecule is O=C(NCCCC(F)(F)F)NCC1(C(=O)O)CC1. The monoisotopic (exact) mass is 268 g/mol. The molecule has 1 saturated carbocycles. The second-order valence-corrected chi connectivity index (χ2v) is 4.41. The third-order valence-corrected chi connectivity index (χ3v) is 2.82. The summed E-state index contributed by atoms with van der Waals surface area (Å²) in [4.78, 5) is 21.9. The first-order valence-corrected chi connectivity index (χ1v) is 5.57. The summed E-state index contributed by atoms with van der Waals surface area (Å²) < 4.78 is 35.4. The van der Waals surface area contributed by atoms with Crippen molar-refractivity contribution in [2.24, 2.45) is 5.41 Å². The standard InChI is InChI=1S/C10H15F3N2O3/c11-10(12,13)2-1-5-14-8(18)15-6-9(3-4-9)7(16)17/h1-6H2,(H,16,17)(H2,14,15,18). The summed E-state index contributed by atoms with van der Waals surface area (Å²) in [5, 5.41) is 13.4. The molecule has 0 aliphatic heterocycles. The summed E-state index contributed by atoms with van der Waals surface area (Å²) in [5.41, 5.74) is -0.872. The maximum absolute atomic E-state index is 11.8. The molecule has 2 amide bonds. The molecule has 0 heterocycles. The van der Waals surface area contributed by atoms with Crippen LogP contribution in [0.3, 0.4) is 0 Å². The van der Waals surface area contributed by atoms with E-state index in [4.69, 9.17) is 5.11 Å². The lowest BCUT2D eigenvalue weighted by Gasteiger charge is -2.12. The van der Waals surface area contributed by atoms with Crippen LogP contribution in [0.2, 0.25) is 0 Å². The highest BCUT2D eigenvalue weighted by Crippen LogP contribution is 2.45. The van der Waals surface area contributed by atoms with Gasteiger partial charge in [0, 0.05) is 19.5 Å². The molecule has 0 atom stereocenters. The number of aliphatic carboxylic acids is 1. The van der Waals surface area contributed by atoms with Crippen LogP contribution in [0.4, 0.5) is 18.0 Å². The number of urea groups is 1. The van der Waals surface area contributed by atoms with Gasteiger partial charge in [-0.05, 0) is 19.3 Å². The van der Waals surface area contributed by atoms with Crippen LogP contribution in [0, 0.1) is 5.41 Å². The lowest BCUT2D eigenvalue weighted by molar-refractivity contribution is -0.143. The summed E-state index contributed by atoms with van der Waals surface area (Å²) in [5.74, 6) is -0.958. The van der Waals surface area contributed by atoms with E-state index in [0.29, 0.717) is 12.8 Å². The van der Waals surface area contributed by atoms with E-state index in [1.165, 1.54) is 0 Å². The number of amides is 2. The Kier molecular flexibility index (Phi) is 4.42. The normalized spacial score (nSPS) is 17.1. The Morgan fingerprint density at radius 2 is 1.83 bits per heavy atom. The number of alkyl halides is 3. The third kappa shape index (κ3) is 4.80. The number of rotatable bonds is 6. The van der Waals surface area contributed by atoms with E-state index in [1.807, 2.05) is 0 Å². The average molecular weight is 268 g/mol. The van der Waals surface area contributed by atoms with Crippen molar-refractivity contribution in [3.8, 4) is 0 Å². The molecule has 1 rings (SSSR count). The lowest BCUT2D eigenvalue weighted by Crippen LogP contribution is -2.41. The number of carboxylic acid groups (broad SMARTS) is 1. The van der Waals surface area contributed by atoms with Crippen LogP contribution in [0.1, 0.15) is 25.7 Å². The fourth-order valence-electron chi connectivity index (χ4n) is 1.42. The molecular weight excluding hydrogens is 253 g/mol. The van der Waals surface area contributed by atoms with Crippen molar-refractivity contribution in [1.82, 2.24) is 10.6 Å². The molecule has 1 fully saturated rings. The van der Waals surface area contributed by atoms with Crippen molar-refractivity contribution in [3.05, 3.63) is 0 Å². The molecular formula is C10H15F3N2O3. The minimum Gasteiger partial charge on any atom is -0.481 e. The Morgan fingerprint density at radius 3 is 2.28 bits per heavy atom. The van der Waals surface area contributed by atoms with Gasteiger partial charge >= 0.3 is 18.2 Å². The second kappa shape index (κ2) is 5.45. The summed E-state index contributed by atoms with van der Waals surface area (Å²) >= 11 is 0. The van der Waals surface area contributed by atoms with E-state index >= 15 is 0 Å². The van der Waals surface area contributed by atoms with E-state index in [-0.39, 0.29) is 19.5 Å². The molecule has 8 heteroatoms. The maximum Gasteiger partial charge on any atom is 0.389 e.